The molecular weight excluding hydrogens is 338 g/mol. The molecule has 0 amide bonds. The molecule has 5 nitrogen and oxygen atoms in total. The molecule has 126 valence electrons. The zero-order valence-electron chi connectivity index (χ0n) is 12.6. The van der Waals surface area contributed by atoms with E-state index >= 15 is 0 Å². The quantitative estimate of drug-likeness (QED) is 0.866. The summed E-state index contributed by atoms with van der Waals surface area (Å²) in [6, 6.07) is 12.5. The van der Waals surface area contributed by atoms with Crippen molar-refractivity contribution in [3.8, 4) is 11.8 Å². The Morgan fingerprint density at radius 3 is 2.42 bits per heavy atom. The van der Waals surface area contributed by atoms with Gasteiger partial charge in [0.2, 0.25) is 10.0 Å². The topological polar surface area (TPSA) is 79.2 Å². The van der Waals surface area contributed by atoms with Gasteiger partial charge >= 0.3 is 6.61 Å². The normalized spacial score (nSPS) is 12.6. The Morgan fingerprint density at radius 1 is 1.17 bits per heavy atom. The van der Waals surface area contributed by atoms with Crippen molar-refractivity contribution in [3.63, 3.8) is 0 Å². The third-order valence-electron chi connectivity index (χ3n) is 3.21. The number of benzene rings is 2. The first-order valence-corrected chi connectivity index (χ1v) is 8.37. The average Bonchev–Trinajstić information content (AvgIpc) is 2.54. The Kier molecular flexibility index (Phi) is 5.49. The molecule has 0 bridgehead atoms. The molecule has 0 radical (unpaired) electrons. The van der Waals surface area contributed by atoms with E-state index in [0.29, 0.717) is 11.1 Å². The van der Waals surface area contributed by atoms with Gasteiger partial charge in [-0.25, -0.2) is 13.1 Å². The highest BCUT2D eigenvalue weighted by Crippen LogP contribution is 2.22. The van der Waals surface area contributed by atoms with Crippen LogP contribution in [0.3, 0.4) is 0 Å². The number of nitriles is 1. The molecule has 1 atom stereocenters. The van der Waals surface area contributed by atoms with Gasteiger partial charge in [0.25, 0.3) is 0 Å². The van der Waals surface area contributed by atoms with Crippen molar-refractivity contribution in [1.82, 2.24) is 4.72 Å². The molecule has 0 aliphatic heterocycles. The maximum Gasteiger partial charge on any atom is 0.387 e. The molecule has 24 heavy (non-hydrogen) atoms. The predicted molar refractivity (Wildman–Crippen MR) is 83.0 cm³/mol. The Balaban J connectivity index is 2.18. The van der Waals surface area contributed by atoms with Crippen molar-refractivity contribution in [1.29, 1.82) is 5.26 Å². The molecule has 1 N–H and O–H groups in total. The highest BCUT2D eigenvalue weighted by molar-refractivity contribution is 7.89. The second kappa shape index (κ2) is 7.38. The van der Waals surface area contributed by atoms with Gasteiger partial charge in [0.15, 0.2) is 0 Å². The van der Waals surface area contributed by atoms with Gasteiger partial charge in [0.05, 0.1) is 16.5 Å². The van der Waals surface area contributed by atoms with Crippen molar-refractivity contribution in [2.24, 2.45) is 0 Å². The summed E-state index contributed by atoms with van der Waals surface area (Å²) in [4.78, 5) is 0.00772. The largest absolute Gasteiger partial charge is 0.435 e. The summed E-state index contributed by atoms with van der Waals surface area (Å²) in [5, 5.41) is 8.73. The summed E-state index contributed by atoms with van der Waals surface area (Å²) >= 11 is 0. The van der Waals surface area contributed by atoms with Gasteiger partial charge in [-0.2, -0.15) is 14.0 Å². The van der Waals surface area contributed by atoms with E-state index in [9.17, 15) is 17.2 Å². The minimum absolute atomic E-state index is 0.00772. The Morgan fingerprint density at radius 2 is 1.83 bits per heavy atom. The number of sulfonamides is 1. The van der Waals surface area contributed by atoms with E-state index in [1.807, 2.05) is 6.07 Å². The van der Waals surface area contributed by atoms with Crippen molar-refractivity contribution in [2.45, 2.75) is 24.5 Å². The molecule has 0 saturated heterocycles. The highest BCUT2D eigenvalue weighted by atomic mass is 32.2. The fourth-order valence-electron chi connectivity index (χ4n) is 2.04. The number of hydrogen-bond acceptors (Lipinski definition) is 4. The summed E-state index contributed by atoms with van der Waals surface area (Å²) in [5.41, 5.74) is 0.823. The Bertz CT molecular complexity index is 846. The van der Waals surface area contributed by atoms with Crippen molar-refractivity contribution < 1.29 is 21.9 Å². The SMILES string of the molecule is C[C@@H](NS(=O)(=O)c1ccc(C#N)cc1)c1cccc(OC(F)F)c1. The van der Waals surface area contributed by atoms with Gasteiger partial charge in [-0.15, -0.1) is 0 Å². The second-order valence-electron chi connectivity index (χ2n) is 4.93. The lowest BCUT2D eigenvalue weighted by atomic mass is 10.1. The molecule has 2 aromatic rings. The third kappa shape index (κ3) is 4.50. The molecule has 2 aromatic carbocycles. The molecule has 0 saturated carbocycles. The first kappa shape index (κ1) is 17.8. The van der Waals surface area contributed by atoms with Crippen LogP contribution >= 0.6 is 0 Å². The Labute approximate surface area is 138 Å². The molecule has 0 spiro atoms. The van der Waals surface area contributed by atoms with E-state index in [2.05, 4.69) is 9.46 Å². The number of nitrogens with one attached hydrogen (secondary N) is 1. The van der Waals surface area contributed by atoms with Gasteiger partial charge in [0.1, 0.15) is 5.75 Å². The molecule has 8 heteroatoms. The van der Waals surface area contributed by atoms with Crippen LogP contribution < -0.4 is 9.46 Å². The Hall–Kier alpha value is -2.50. The smallest absolute Gasteiger partial charge is 0.387 e. The lowest BCUT2D eigenvalue weighted by Gasteiger charge is -2.16. The molecule has 0 unspecified atom stereocenters. The lowest BCUT2D eigenvalue weighted by molar-refractivity contribution is -0.0499. The van der Waals surface area contributed by atoms with Crippen LogP contribution in [0.2, 0.25) is 0 Å². The zero-order valence-corrected chi connectivity index (χ0v) is 13.4. The van der Waals surface area contributed by atoms with Gasteiger partial charge in [-0.1, -0.05) is 12.1 Å². The molecule has 0 aliphatic carbocycles. The fraction of sp³-hybridized carbons (Fsp3) is 0.188. The van der Waals surface area contributed by atoms with Crippen LogP contribution in [0.5, 0.6) is 5.75 Å². The van der Waals surface area contributed by atoms with Crippen molar-refractivity contribution in [2.75, 3.05) is 0 Å². The number of nitrogens with zero attached hydrogens (tertiary/aromatic N) is 1. The van der Waals surface area contributed by atoms with Crippen LogP contribution in [0.15, 0.2) is 53.4 Å². The monoisotopic (exact) mass is 352 g/mol. The number of alkyl halides is 2. The van der Waals surface area contributed by atoms with E-state index in [1.165, 1.54) is 42.5 Å². The van der Waals surface area contributed by atoms with Crippen LogP contribution in [0.1, 0.15) is 24.1 Å². The van der Waals surface area contributed by atoms with E-state index in [1.54, 1.807) is 13.0 Å². The fourth-order valence-corrected chi connectivity index (χ4v) is 3.27. The summed E-state index contributed by atoms with van der Waals surface area (Å²) in [6.45, 7) is -1.37. The molecule has 0 aromatic heterocycles. The van der Waals surface area contributed by atoms with E-state index in [4.69, 9.17) is 5.26 Å². The summed E-state index contributed by atoms with van der Waals surface area (Å²) in [6.07, 6.45) is 0. The van der Waals surface area contributed by atoms with E-state index in [-0.39, 0.29) is 10.6 Å². The third-order valence-corrected chi connectivity index (χ3v) is 4.77. The molecule has 0 fully saturated rings. The first-order chi connectivity index (χ1) is 11.3. The maximum absolute atomic E-state index is 12.3. The number of rotatable bonds is 6. The summed E-state index contributed by atoms with van der Waals surface area (Å²) in [5.74, 6) is -0.0491. The van der Waals surface area contributed by atoms with Gasteiger partial charge in [-0.3, -0.25) is 0 Å². The van der Waals surface area contributed by atoms with Gasteiger partial charge in [-0.05, 0) is 48.9 Å². The van der Waals surface area contributed by atoms with Crippen LogP contribution in [-0.4, -0.2) is 15.0 Å². The van der Waals surface area contributed by atoms with E-state index < -0.39 is 22.7 Å². The maximum atomic E-state index is 12.3. The van der Waals surface area contributed by atoms with Crippen molar-refractivity contribution in [3.05, 3.63) is 59.7 Å². The molecule has 0 aliphatic rings. The van der Waals surface area contributed by atoms with Crippen molar-refractivity contribution >= 4 is 10.0 Å². The van der Waals surface area contributed by atoms with Gasteiger partial charge in [0, 0.05) is 6.04 Å². The zero-order chi connectivity index (χ0) is 17.7. The summed E-state index contributed by atoms with van der Waals surface area (Å²) in [7, 11) is -3.82. The van der Waals surface area contributed by atoms with E-state index in [0.717, 1.165) is 0 Å². The first-order valence-electron chi connectivity index (χ1n) is 6.89. The second-order valence-corrected chi connectivity index (χ2v) is 6.64. The van der Waals surface area contributed by atoms with Crippen LogP contribution in [0, 0.1) is 11.3 Å². The molecule has 0 heterocycles. The minimum atomic E-state index is -3.82. The average molecular weight is 352 g/mol. The van der Waals surface area contributed by atoms with Crippen LogP contribution in [0.25, 0.3) is 0 Å². The number of hydrogen-bond donors (Lipinski definition) is 1. The molecular formula is C16H14F2N2O3S. The minimum Gasteiger partial charge on any atom is -0.435 e. The summed E-state index contributed by atoms with van der Waals surface area (Å²) < 4.78 is 55.9. The molecule has 2 rings (SSSR count). The van der Waals surface area contributed by atoms with Crippen LogP contribution in [-0.2, 0) is 10.0 Å². The standard InChI is InChI=1S/C16H14F2N2O3S/c1-11(13-3-2-4-14(9-13)23-16(17)18)20-24(21,22)15-7-5-12(10-19)6-8-15/h2-9,11,16,20H,1H3/t11-/m1/s1. The number of halogens is 2. The number of ether oxygens (including phenoxy) is 1. The highest BCUT2D eigenvalue weighted by Gasteiger charge is 2.19. The van der Waals surface area contributed by atoms with Crippen LogP contribution in [0.4, 0.5) is 8.78 Å². The van der Waals surface area contributed by atoms with Gasteiger partial charge < -0.3 is 4.74 Å². The lowest BCUT2D eigenvalue weighted by Crippen LogP contribution is -2.26. The predicted octanol–water partition coefficient (Wildman–Crippen LogP) is 3.20.